The van der Waals surface area contributed by atoms with E-state index in [1.807, 2.05) is 0 Å². The quantitative estimate of drug-likeness (QED) is 0.751. The Hall–Kier alpha value is -1.50. The minimum absolute atomic E-state index is 0. The summed E-state index contributed by atoms with van der Waals surface area (Å²) in [4.78, 5) is 22.2. The van der Waals surface area contributed by atoms with Gasteiger partial charge in [-0.1, -0.05) is 11.6 Å². The summed E-state index contributed by atoms with van der Waals surface area (Å²) in [5.74, 6) is -0.642. The van der Waals surface area contributed by atoms with Gasteiger partial charge in [0.05, 0.1) is 24.6 Å². The van der Waals surface area contributed by atoms with E-state index in [1.54, 1.807) is 12.1 Å². The summed E-state index contributed by atoms with van der Waals surface area (Å²) in [6.07, 6.45) is -0.213. The molecule has 0 bridgehead atoms. The van der Waals surface area contributed by atoms with E-state index in [0.29, 0.717) is 16.5 Å². The lowest BCUT2D eigenvalue weighted by atomic mass is 10.2. The minimum Gasteiger partial charge on any atom is -0.495 e. The lowest BCUT2D eigenvalue weighted by Gasteiger charge is -2.11. The van der Waals surface area contributed by atoms with Gasteiger partial charge in [-0.05, 0) is 18.2 Å². The number of rotatable bonds is 5. The number of ether oxygens (including phenoxy) is 1. The zero-order chi connectivity index (χ0) is 13.7. The van der Waals surface area contributed by atoms with Gasteiger partial charge in [0, 0.05) is 5.69 Å². The Labute approximate surface area is 121 Å². The molecule has 1 aromatic rings. The number of nitrogens with one attached hydrogen (secondary N) is 1. The highest BCUT2D eigenvalue weighted by atomic mass is 35.5. The number of methoxy groups -OCH3 is 1. The van der Waals surface area contributed by atoms with Crippen molar-refractivity contribution in [2.24, 2.45) is 11.5 Å². The highest BCUT2D eigenvalue weighted by Gasteiger charge is 2.16. The van der Waals surface area contributed by atoms with E-state index in [-0.39, 0.29) is 18.8 Å². The zero-order valence-electron chi connectivity index (χ0n) is 10.2. The van der Waals surface area contributed by atoms with Gasteiger partial charge in [0.25, 0.3) is 0 Å². The first-order chi connectivity index (χ1) is 8.43. The zero-order valence-corrected chi connectivity index (χ0v) is 11.8. The summed E-state index contributed by atoms with van der Waals surface area (Å²) >= 11 is 5.90. The van der Waals surface area contributed by atoms with E-state index in [9.17, 15) is 9.59 Å². The number of benzene rings is 1. The minimum atomic E-state index is -0.983. The van der Waals surface area contributed by atoms with Gasteiger partial charge in [0.15, 0.2) is 0 Å². The Bertz CT molecular complexity index is 468. The summed E-state index contributed by atoms with van der Waals surface area (Å²) in [5, 5.41) is 2.89. The Balaban J connectivity index is 0.00000324. The van der Waals surface area contributed by atoms with E-state index in [0.717, 1.165) is 0 Å². The molecule has 0 fully saturated rings. The van der Waals surface area contributed by atoms with Crippen molar-refractivity contribution in [3.8, 4) is 5.75 Å². The number of primary amides is 1. The Kier molecular flexibility index (Phi) is 7.21. The predicted octanol–water partition coefficient (Wildman–Crippen LogP) is 0.912. The van der Waals surface area contributed by atoms with Crippen molar-refractivity contribution in [1.82, 2.24) is 0 Å². The van der Waals surface area contributed by atoms with Crippen LogP contribution in [-0.2, 0) is 9.59 Å². The standard InChI is InChI=1S/C11H14ClN3O3.ClH/c1-18-9-3-2-6(4-7(9)12)15-11(17)8(13)5-10(14)16;/h2-4,8H,5,13H2,1H3,(H2,14,16)(H,15,17);1H. The van der Waals surface area contributed by atoms with Gasteiger partial charge in [-0.3, -0.25) is 9.59 Å². The van der Waals surface area contributed by atoms with Crippen molar-refractivity contribution in [1.29, 1.82) is 0 Å². The van der Waals surface area contributed by atoms with E-state index in [1.165, 1.54) is 13.2 Å². The molecule has 1 unspecified atom stereocenters. The molecule has 0 heterocycles. The number of hydrogen-bond donors (Lipinski definition) is 3. The molecular formula is C11H15Cl2N3O3. The molecule has 0 spiro atoms. The number of nitrogens with two attached hydrogens (primary N) is 2. The monoisotopic (exact) mass is 307 g/mol. The fraction of sp³-hybridized carbons (Fsp3) is 0.273. The van der Waals surface area contributed by atoms with Gasteiger partial charge in [-0.25, -0.2) is 0 Å². The average Bonchev–Trinajstić information content (AvgIpc) is 2.28. The fourth-order valence-electron chi connectivity index (χ4n) is 1.29. The lowest BCUT2D eigenvalue weighted by molar-refractivity contribution is -0.123. The largest absolute Gasteiger partial charge is 0.495 e. The predicted molar refractivity (Wildman–Crippen MR) is 75.7 cm³/mol. The number of halogens is 2. The van der Waals surface area contributed by atoms with Crippen LogP contribution >= 0.6 is 24.0 Å². The summed E-state index contributed by atoms with van der Waals surface area (Å²) in [7, 11) is 1.49. The van der Waals surface area contributed by atoms with Gasteiger partial charge in [-0.15, -0.1) is 12.4 Å². The third-order valence-corrected chi connectivity index (χ3v) is 2.47. The van der Waals surface area contributed by atoms with Crippen LogP contribution in [0.5, 0.6) is 5.75 Å². The topological polar surface area (TPSA) is 107 Å². The molecule has 0 aliphatic rings. The van der Waals surface area contributed by atoms with Crippen LogP contribution < -0.4 is 21.5 Å². The van der Waals surface area contributed by atoms with Crippen LogP contribution in [0.4, 0.5) is 5.69 Å². The summed E-state index contributed by atoms with van der Waals surface area (Å²) < 4.78 is 4.97. The van der Waals surface area contributed by atoms with Crippen molar-refractivity contribution in [3.05, 3.63) is 23.2 Å². The first-order valence-corrected chi connectivity index (χ1v) is 5.50. The molecule has 106 valence electrons. The van der Waals surface area contributed by atoms with Gasteiger partial charge in [0.2, 0.25) is 11.8 Å². The van der Waals surface area contributed by atoms with Crippen LogP contribution in [0.2, 0.25) is 5.02 Å². The molecule has 2 amide bonds. The van der Waals surface area contributed by atoms with Crippen molar-refractivity contribution in [2.45, 2.75) is 12.5 Å². The van der Waals surface area contributed by atoms with Crippen LogP contribution in [0.3, 0.4) is 0 Å². The molecule has 6 nitrogen and oxygen atoms in total. The molecule has 0 aliphatic heterocycles. The molecule has 0 aliphatic carbocycles. The number of carbonyl (C=O) groups excluding carboxylic acids is 2. The molecule has 0 aromatic heterocycles. The van der Waals surface area contributed by atoms with Crippen LogP contribution in [0, 0.1) is 0 Å². The van der Waals surface area contributed by atoms with E-state index >= 15 is 0 Å². The van der Waals surface area contributed by atoms with Crippen LogP contribution in [0.25, 0.3) is 0 Å². The second kappa shape index (κ2) is 7.83. The van der Waals surface area contributed by atoms with Crippen LogP contribution in [0.15, 0.2) is 18.2 Å². The molecule has 0 radical (unpaired) electrons. The van der Waals surface area contributed by atoms with E-state index in [4.69, 9.17) is 27.8 Å². The van der Waals surface area contributed by atoms with Crippen molar-refractivity contribution < 1.29 is 14.3 Å². The highest BCUT2D eigenvalue weighted by Crippen LogP contribution is 2.27. The van der Waals surface area contributed by atoms with Crippen LogP contribution in [-0.4, -0.2) is 25.0 Å². The molecule has 1 rings (SSSR count). The third-order valence-electron chi connectivity index (χ3n) is 2.18. The summed E-state index contributed by atoms with van der Waals surface area (Å²) in [6.45, 7) is 0. The van der Waals surface area contributed by atoms with Gasteiger partial charge in [-0.2, -0.15) is 0 Å². The number of hydrogen-bond acceptors (Lipinski definition) is 4. The number of carbonyl (C=O) groups is 2. The van der Waals surface area contributed by atoms with Crippen molar-refractivity contribution >= 4 is 41.5 Å². The third kappa shape index (κ3) is 5.34. The van der Waals surface area contributed by atoms with Gasteiger partial charge < -0.3 is 21.5 Å². The SMILES string of the molecule is COc1ccc(NC(=O)C(N)CC(N)=O)cc1Cl.Cl. The molecule has 0 saturated carbocycles. The molecule has 1 atom stereocenters. The Morgan fingerprint density at radius 3 is 2.58 bits per heavy atom. The first-order valence-electron chi connectivity index (χ1n) is 5.12. The summed E-state index contributed by atoms with van der Waals surface area (Å²) in [5.41, 5.74) is 10.9. The molecule has 5 N–H and O–H groups in total. The maximum atomic E-state index is 11.6. The maximum absolute atomic E-state index is 11.6. The average molecular weight is 308 g/mol. The van der Waals surface area contributed by atoms with E-state index < -0.39 is 17.9 Å². The molecular weight excluding hydrogens is 293 g/mol. The summed E-state index contributed by atoms with van der Waals surface area (Å²) in [6, 6.07) is 3.76. The van der Waals surface area contributed by atoms with Crippen LogP contribution in [0.1, 0.15) is 6.42 Å². The number of amides is 2. The van der Waals surface area contributed by atoms with Crippen molar-refractivity contribution in [3.63, 3.8) is 0 Å². The molecule has 19 heavy (non-hydrogen) atoms. The fourth-order valence-corrected chi connectivity index (χ4v) is 1.55. The first kappa shape index (κ1) is 17.5. The maximum Gasteiger partial charge on any atom is 0.241 e. The normalized spacial score (nSPS) is 11.1. The molecule has 0 saturated heterocycles. The smallest absolute Gasteiger partial charge is 0.241 e. The van der Waals surface area contributed by atoms with E-state index in [2.05, 4.69) is 5.32 Å². The molecule has 1 aromatic carbocycles. The Morgan fingerprint density at radius 1 is 1.47 bits per heavy atom. The van der Waals surface area contributed by atoms with Crippen molar-refractivity contribution in [2.75, 3.05) is 12.4 Å². The second-order valence-corrected chi connectivity index (χ2v) is 4.02. The lowest BCUT2D eigenvalue weighted by Crippen LogP contribution is -2.38. The van der Waals surface area contributed by atoms with Gasteiger partial charge >= 0.3 is 0 Å². The molecule has 8 heteroatoms. The Morgan fingerprint density at radius 2 is 2.11 bits per heavy atom. The highest BCUT2D eigenvalue weighted by molar-refractivity contribution is 6.32. The van der Waals surface area contributed by atoms with Gasteiger partial charge in [0.1, 0.15) is 5.75 Å². The second-order valence-electron chi connectivity index (χ2n) is 3.62. The number of anilines is 1.